The van der Waals surface area contributed by atoms with Crippen molar-refractivity contribution in [2.75, 3.05) is 13.1 Å². The fourth-order valence-electron chi connectivity index (χ4n) is 3.76. The van der Waals surface area contributed by atoms with Crippen molar-refractivity contribution in [3.8, 4) is 5.75 Å². The van der Waals surface area contributed by atoms with Crippen molar-refractivity contribution in [2.24, 2.45) is 5.73 Å². The number of nitrogens with zero attached hydrogens (tertiary/aromatic N) is 1. The van der Waals surface area contributed by atoms with Crippen molar-refractivity contribution in [3.63, 3.8) is 0 Å². The Hall–Kier alpha value is -3.70. The third-order valence-electron chi connectivity index (χ3n) is 5.52. The molecule has 2 N–H and O–H groups in total. The van der Waals surface area contributed by atoms with E-state index in [1.165, 1.54) is 12.1 Å². The van der Waals surface area contributed by atoms with Crippen molar-refractivity contribution in [1.82, 2.24) is 4.90 Å². The molecule has 4 rings (SSSR count). The first-order valence-electron chi connectivity index (χ1n) is 11.1. The Kier molecular flexibility index (Phi) is 7.33. The molecule has 0 heterocycles. The van der Waals surface area contributed by atoms with E-state index in [2.05, 4.69) is 0 Å². The lowest BCUT2D eigenvalue weighted by atomic mass is 10.0. The van der Waals surface area contributed by atoms with Gasteiger partial charge in [0.1, 0.15) is 18.2 Å². The lowest BCUT2D eigenvalue weighted by molar-refractivity contribution is 0.0737. The van der Waals surface area contributed by atoms with E-state index in [0.717, 1.165) is 21.9 Å². The van der Waals surface area contributed by atoms with Crippen LogP contribution in [0, 0.1) is 5.82 Å². The lowest BCUT2D eigenvalue weighted by Gasteiger charge is -2.24. The maximum Gasteiger partial charge on any atom is 0.257 e. The Labute approximate surface area is 193 Å². The third kappa shape index (κ3) is 5.76. The van der Waals surface area contributed by atoms with Gasteiger partial charge in [-0.3, -0.25) is 4.79 Å². The fraction of sp³-hybridized carbons (Fsp3) is 0.179. The number of rotatable bonds is 9. The lowest BCUT2D eigenvalue weighted by Crippen LogP contribution is -2.33. The zero-order valence-corrected chi connectivity index (χ0v) is 18.4. The van der Waals surface area contributed by atoms with E-state index >= 15 is 0 Å². The fourth-order valence-corrected chi connectivity index (χ4v) is 3.76. The van der Waals surface area contributed by atoms with Crippen LogP contribution in [0.2, 0.25) is 0 Å². The third-order valence-corrected chi connectivity index (χ3v) is 5.52. The van der Waals surface area contributed by atoms with Gasteiger partial charge in [-0.25, -0.2) is 4.39 Å². The van der Waals surface area contributed by atoms with Crippen molar-refractivity contribution in [3.05, 3.63) is 114 Å². The number of halogens is 1. The van der Waals surface area contributed by atoms with E-state index in [9.17, 15) is 9.18 Å². The Morgan fingerprint density at radius 3 is 2.21 bits per heavy atom. The number of carbonyl (C=O) groups excluding carboxylic acids is 1. The second-order valence-electron chi connectivity index (χ2n) is 7.97. The van der Waals surface area contributed by atoms with Gasteiger partial charge in [0.25, 0.3) is 5.91 Å². The quantitative estimate of drug-likeness (QED) is 0.370. The molecule has 0 saturated carbocycles. The summed E-state index contributed by atoms with van der Waals surface area (Å²) < 4.78 is 19.5. The van der Waals surface area contributed by atoms with Crippen LogP contribution in [0.25, 0.3) is 10.8 Å². The summed E-state index contributed by atoms with van der Waals surface area (Å²) in [6.07, 6.45) is 0.667. The summed E-state index contributed by atoms with van der Waals surface area (Å²) >= 11 is 0. The molecule has 5 heteroatoms. The number of carbonyl (C=O) groups is 1. The summed E-state index contributed by atoms with van der Waals surface area (Å²) in [7, 11) is 0. The van der Waals surface area contributed by atoms with Gasteiger partial charge in [0.2, 0.25) is 0 Å². The maximum atomic E-state index is 13.7. The summed E-state index contributed by atoms with van der Waals surface area (Å²) in [6.45, 7) is 1.70. The molecule has 0 saturated heterocycles. The molecule has 4 nitrogen and oxygen atoms in total. The summed E-state index contributed by atoms with van der Waals surface area (Å²) in [6, 6.07) is 27.8. The molecule has 1 amide bonds. The second-order valence-corrected chi connectivity index (χ2v) is 7.97. The number of benzene rings is 4. The Bertz CT molecular complexity index is 1210. The molecule has 0 spiro atoms. The first-order chi connectivity index (χ1) is 16.1. The van der Waals surface area contributed by atoms with Gasteiger partial charge in [-0.05, 0) is 59.1 Å². The minimum absolute atomic E-state index is 0.137. The van der Waals surface area contributed by atoms with E-state index in [0.29, 0.717) is 44.0 Å². The molecular formula is C28H27FN2O2. The van der Waals surface area contributed by atoms with Gasteiger partial charge in [-0.15, -0.1) is 0 Å². The number of hydrogen-bond donors (Lipinski definition) is 1. The van der Waals surface area contributed by atoms with Crippen LogP contribution in [0.3, 0.4) is 0 Å². The normalized spacial score (nSPS) is 10.8. The molecular weight excluding hydrogens is 415 g/mol. The Morgan fingerprint density at radius 1 is 0.848 bits per heavy atom. The second kappa shape index (κ2) is 10.7. The number of amides is 1. The van der Waals surface area contributed by atoms with Crippen LogP contribution < -0.4 is 10.5 Å². The van der Waals surface area contributed by atoms with Crippen LogP contribution in [-0.4, -0.2) is 23.9 Å². The molecule has 0 aliphatic heterocycles. The van der Waals surface area contributed by atoms with Gasteiger partial charge in [-0.2, -0.15) is 0 Å². The highest BCUT2D eigenvalue weighted by Gasteiger charge is 2.21. The predicted octanol–water partition coefficient (Wildman–Crippen LogP) is 5.55. The van der Waals surface area contributed by atoms with Gasteiger partial charge in [0.05, 0.1) is 5.56 Å². The van der Waals surface area contributed by atoms with Crippen LogP contribution in [0.5, 0.6) is 5.75 Å². The monoisotopic (exact) mass is 442 g/mol. The summed E-state index contributed by atoms with van der Waals surface area (Å²) in [5.41, 5.74) is 8.12. The molecule has 0 unspecified atom stereocenters. The maximum absolute atomic E-state index is 13.7. The highest BCUT2D eigenvalue weighted by molar-refractivity contribution is 6.01. The number of nitrogens with two attached hydrogens (primary N) is 1. The molecule has 0 aliphatic carbocycles. The smallest absolute Gasteiger partial charge is 0.257 e. The van der Waals surface area contributed by atoms with E-state index in [1.807, 2.05) is 66.7 Å². The largest absolute Gasteiger partial charge is 0.488 e. The molecule has 0 atom stereocenters. The molecule has 4 aromatic rings. The SMILES string of the molecule is NCCCN(Cc1ccc(F)cc1)C(=O)c1cc2ccccc2cc1OCc1ccccc1. The zero-order valence-electron chi connectivity index (χ0n) is 18.4. The first-order valence-corrected chi connectivity index (χ1v) is 11.1. The van der Waals surface area contributed by atoms with Crippen molar-refractivity contribution in [1.29, 1.82) is 0 Å². The average molecular weight is 443 g/mol. The topological polar surface area (TPSA) is 55.6 Å². The average Bonchev–Trinajstić information content (AvgIpc) is 2.86. The molecule has 4 aromatic carbocycles. The van der Waals surface area contributed by atoms with Gasteiger partial charge in [-0.1, -0.05) is 66.7 Å². The van der Waals surface area contributed by atoms with Crippen molar-refractivity contribution in [2.45, 2.75) is 19.6 Å². The molecule has 168 valence electrons. The molecule has 0 bridgehead atoms. The molecule has 0 aliphatic rings. The van der Waals surface area contributed by atoms with Gasteiger partial charge in [0.15, 0.2) is 0 Å². The summed E-state index contributed by atoms with van der Waals surface area (Å²) in [5, 5.41) is 1.97. The van der Waals surface area contributed by atoms with Gasteiger partial charge >= 0.3 is 0 Å². The molecule has 0 fully saturated rings. The van der Waals surface area contributed by atoms with Gasteiger partial charge in [0, 0.05) is 13.1 Å². The zero-order chi connectivity index (χ0) is 23.0. The molecule has 0 aromatic heterocycles. The minimum atomic E-state index is -0.301. The van der Waals surface area contributed by atoms with Crippen molar-refractivity contribution >= 4 is 16.7 Å². The summed E-state index contributed by atoms with van der Waals surface area (Å²) in [4.78, 5) is 15.5. The van der Waals surface area contributed by atoms with E-state index in [1.54, 1.807) is 17.0 Å². The first kappa shape index (κ1) is 22.5. The molecule has 33 heavy (non-hydrogen) atoms. The Balaban J connectivity index is 1.67. The van der Waals surface area contributed by atoms with E-state index < -0.39 is 0 Å². The minimum Gasteiger partial charge on any atom is -0.488 e. The van der Waals surface area contributed by atoms with E-state index in [4.69, 9.17) is 10.5 Å². The van der Waals surface area contributed by atoms with Crippen LogP contribution >= 0.6 is 0 Å². The van der Waals surface area contributed by atoms with Gasteiger partial charge < -0.3 is 15.4 Å². The van der Waals surface area contributed by atoms with E-state index in [-0.39, 0.29) is 11.7 Å². The Morgan fingerprint density at radius 2 is 1.52 bits per heavy atom. The highest BCUT2D eigenvalue weighted by Crippen LogP contribution is 2.29. The number of hydrogen-bond acceptors (Lipinski definition) is 3. The van der Waals surface area contributed by atoms with Crippen LogP contribution in [0.4, 0.5) is 4.39 Å². The number of fused-ring (bicyclic) bond motifs is 1. The van der Waals surface area contributed by atoms with Crippen molar-refractivity contribution < 1.29 is 13.9 Å². The van der Waals surface area contributed by atoms with Crippen LogP contribution in [0.1, 0.15) is 27.9 Å². The van der Waals surface area contributed by atoms with Crippen LogP contribution in [0.15, 0.2) is 91.0 Å². The number of ether oxygens (including phenoxy) is 1. The van der Waals surface area contributed by atoms with Crippen LogP contribution in [-0.2, 0) is 13.2 Å². The molecule has 0 radical (unpaired) electrons. The highest BCUT2D eigenvalue weighted by atomic mass is 19.1. The standard InChI is InChI=1S/C28H27FN2O2/c29-25-13-11-21(12-14-25)19-31(16-6-15-30)28(32)26-17-23-9-4-5-10-24(23)18-27(26)33-20-22-7-2-1-3-8-22/h1-5,7-14,17-18H,6,15-16,19-20,30H2. The predicted molar refractivity (Wildman–Crippen MR) is 130 cm³/mol. The summed E-state index contributed by atoms with van der Waals surface area (Å²) in [5.74, 6) is 0.103.